The van der Waals surface area contributed by atoms with Crippen molar-refractivity contribution in [1.82, 2.24) is 10.2 Å². The number of methoxy groups -OCH3 is 2. The van der Waals surface area contributed by atoms with Crippen LogP contribution in [-0.2, 0) is 23.8 Å². The smallest absolute Gasteiger partial charge is 0.404 e. The SMILES string of the molecule is CO/N=C1/C(=O)C2=C(C(OC)=C1C)N1C[C@@H]3N[C@@H]3[C@]1(OC)[C@@H]2COC(N)=O. The largest absolute Gasteiger partial charge is 0.494 e. The first-order chi connectivity index (χ1) is 12.9. The summed E-state index contributed by atoms with van der Waals surface area (Å²) < 4.78 is 16.7. The van der Waals surface area contributed by atoms with E-state index in [0.717, 1.165) is 0 Å². The maximum Gasteiger partial charge on any atom is 0.404 e. The van der Waals surface area contributed by atoms with E-state index in [0.29, 0.717) is 29.1 Å². The number of hydrogen-bond donors (Lipinski definition) is 2. The van der Waals surface area contributed by atoms with Crippen molar-refractivity contribution in [2.45, 2.75) is 24.7 Å². The number of ether oxygens (including phenoxy) is 3. The van der Waals surface area contributed by atoms with Crippen LogP contribution in [0.2, 0.25) is 0 Å². The van der Waals surface area contributed by atoms with Crippen molar-refractivity contribution in [2.24, 2.45) is 16.8 Å². The maximum absolute atomic E-state index is 13.3. The summed E-state index contributed by atoms with van der Waals surface area (Å²) in [7, 11) is 4.50. The molecule has 0 aromatic heterocycles. The van der Waals surface area contributed by atoms with Gasteiger partial charge in [0.2, 0.25) is 5.78 Å². The molecule has 10 nitrogen and oxygen atoms in total. The molecule has 4 rings (SSSR count). The van der Waals surface area contributed by atoms with E-state index in [2.05, 4.69) is 10.5 Å². The number of nitrogens with zero attached hydrogens (tertiary/aromatic N) is 2. The second-order valence-electron chi connectivity index (χ2n) is 6.87. The molecule has 0 spiro atoms. The van der Waals surface area contributed by atoms with Gasteiger partial charge in [-0.2, -0.15) is 0 Å². The topological polar surface area (TPSA) is 135 Å². The molecule has 3 aliphatic heterocycles. The number of oxime groups is 1. The highest BCUT2D eigenvalue weighted by molar-refractivity contribution is 6.52. The van der Waals surface area contributed by atoms with Gasteiger partial charge in [0.1, 0.15) is 19.5 Å². The van der Waals surface area contributed by atoms with Gasteiger partial charge in [-0.05, 0) is 6.92 Å². The minimum absolute atomic E-state index is 0.00334. The zero-order chi connectivity index (χ0) is 19.5. The molecule has 0 aromatic carbocycles. The number of amides is 1. The molecular formula is C17H22N4O6. The Labute approximate surface area is 155 Å². The van der Waals surface area contributed by atoms with Gasteiger partial charge in [0.15, 0.2) is 11.4 Å². The van der Waals surface area contributed by atoms with Crippen LogP contribution in [0.1, 0.15) is 6.92 Å². The summed E-state index contributed by atoms with van der Waals surface area (Å²) in [5.41, 5.74) is 6.14. The summed E-state index contributed by atoms with van der Waals surface area (Å²) in [5.74, 6) is -0.321. The number of piperazine rings is 1. The van der Waals surface area contributed by atoms with Gasteiger partial charge in [0.25, 0.3) is 0 Å². The lowest BCUT2D eigenvalue weighted by atomic mass is 9.82. The number of fused-ring (bicyclic) bond motifs is 4. The highest BCUT2D eigenvalue weighted by atomic mass is 16.6. The Morgan fingerprint density at radius 1 is 1.41 bits per heavy atom. The Morgan fingerprint density at radius 2 is 2.15 bits per heavy atom. The summed E-state index contributed by atoms with van der Waals surface area (Å²) in [6, 6.07) is 0.237. The Hall–Kier alpha value is -2.59. The quantitative estimate of drug-likeness (QED) is 0.370. The number of Topliss-reactive ketones (excluding diaryl/α,β-unsaturated/α-hetero) is 1. The van der Waals surface area contributed by atoms with Crippen molar-refractivity contribution in [1.29, 1.82) is 0 Å². The molecular weight excluding hydrogens is 356 g/mol. The molecule has 4 atom stereocenters. The summed E-state index contributed by atoms with van der Waals surface area (Å²) in [4.78, 5) is 31.5. The van der Waals surface area contributed by atoms with E-state index in [1.165, 1.54) is 7.11 Å². The van der Waals surface area contributed by atoms with E-state index in [4.69, 9.17) is 24.8 Å². The molecule has 0 bridgehead atoms. The number of primary amides is 1. The molecule has 10 heteroatoms. The highest BCUT2D eigenvalue weighted by Gasteiger charge is 2.72. The molecule has 3 heterocycles. The molecule has 2 fully saturated rings. The zero-order valence-corrected chi connectivity index (χ0v) is 15.6. The molecule has 146 valence electrons. The Balaban J connectivity index is 1.89. The van der Waals surface area contributed by atoms with E-state index in [1.807, 2.05) is 4.90 Å². The van der Waals surface area contributed by atoms with Gasteiger partial charge in [-0.1, -0.05) is 5.16 Å². The lowest BCUT2D eigenvalue weighted by Crippen LogP contribution is -2.55. The van der Waals surface area contributed by atoms with Crippen LogP contribution in [0.25, 0.3) is 0 Å². The first kappa shape index (κ1) is 17.8. The van der Waals surface area contributed by atoms with E-state index in [9.17, 15) is 9.59 Å². The molecule has 4 aliphatic rings. The number of carbonyl (C=O) groups is 2. The van der Waals surface area contributed by atoms with Gasteiger partial charge in [-0.25, -0.2) is 4.79 Å². The third-order valence-corrected chi connectivity index (χ3v) is 5.78. The Bertz CT molecular complexity index is 818. The predicted octanol–water partition coefficient (Wildman–Crippen LogP) is -0.530. The van der Waals surface area contributed by atoms with Gasteiger partial charge >= 0.3 is 6.09 Å². The number of carbonyl (C=O) groups excluding carboxylic acids is 2. The number of nitrogens with one attached hydrogen (secondary N) is 1. The minimum Gasteiger partial charge on any atom is -0.494 e. The molecule has 0 aromatic rings. The van der Waals surface area contributed by atoms with E-state index in [-0.39, 0.29) is 30.2 Å². The fraction of sp³-hybridized carbons (Fsp3) is 0.588. The lowest BCUT2D eigenvalue weighted by Gasteiger charge is -2.40. The summed E-state index contributed by atoms with van der Waals surface area (Å²) >= 11 is 0. The van der Waals surface area contributed by atoms with Crippen LogP contribution in [0.5, 0.6) is 0 Å². The summed E-state index contributed by atoms with van der Waals surface area (Å²) in [5, 5.41) is 7.26. The van der Waals surface area contributed by atoms with Gasteiger partial charge in [0, 0.05) is 30.8 Å². The highest BCUT2D eigenvalue weighted by Crippen LogP contribution is 2.56. The minimum atomic E-state index is -0.909. The normalized spacial score (nSPS) is 35.3. The van der Waals surface area contributed by atoms with Gasteiger partial charge in [0.05, 0.1) is 24.8 Å². The first-order valence-electron chi connectivity index (χ1n) is 8.59. The number of hydrogen-bond acceptors (Lipinski definition) is 9. The Morgan fingerprint density at radius 3 is 2.74 bits per heavy atom. The lowest BCUT2D eigenvalue weighted by molar-refractivity contribution is -0.132. The number of ketones is 1. The van der Waals surface area contributed by atoms with Gasteiger partial charge < -0.3 is 35.0 Å². The van der Waals surface area contributed by atoms with Crippen LogP contribution in [-0.4, -0.2) is 74.8 Å². The van der Waals surface area contributed by atoms with Crippen LogP contribution < -0.4 is 11.1 Å². The van der Waals surface area contributed by atoms with Gasteiger partial charge in [-0.15, -0.1) is 0 Å². The zero-order valence-electron chi connectivity index (χ0n) is 15.6. The van der Waals surface area contributed by atoms with Crippen molar-refractivity contribution in [3.8, 4) is 0 Å². The van der Waals surface area contributed by atoms with Crippen LogP contribution in [0.3, 0.4) is 0 Å². The number of rotatable bonds is 5. The fourth-order valence-corrected chi connectivity index (χ4v) is 4.73. The third kappa shape index (κ3) is 2.16. The van der Waals surface area contributed by atoms with E-state index >= 15 is 0 Å². The average molecular weight is 378 g/mol. The van der Waals surface area contributed by atoms with Crippen molar-refractivity contribution in [2.75, 3.05) is 34.5 Å². The van der Waals surface area contributed by atoms with E-state index in [1.54, 1.807) is 21.1 Å². The third-order valence-electron chi connectivity index (χ3n) is 5.78. The second kappa shape index (κ2) is 5.96. The molecule has 0 saturated carbocycles. The standard InChI is InChI=1S/C17H22N4O6/c1-7-11(20-26-4)13(22)10-8(6-27-16(18)23)17(25-3)15-9(19-15)5-21(17)12(10)14(7)24-2/h8-9,15,19H,5-6H2,1-4H3,(H2,18,23)/b20-11+/t8-,9+,15+,17-/m1/s1. The van der Waals surface area contributed by atoms with Crippen molar-refractivity contribution < 1.29 is 28.6 Å². The molecule has 1 aliphatic carbocycles. The van der Waals surface area contributed by atoms with Crippen LogP contribution in [0.4, 0.5) is 4.79 Å². The van der Waals surface area contributed by atoms with E-state index < -0.39 is 17.7 Å². The van der Waals surface area contributed by atoms with Crippen LogP contribution in [0.15, 0.2) is 27.8 Å². The maximum atomic E-state index is 13.3. The molecule has 1 amide bonds. The monoisotopic (exact) mass is 378 g/mol. The predicted molar refractivity (Wildman–Crippen MR) is 92.4 cm³/mol. The summed E-state index contributed by atoms with van der Waals surface area (Å²) in [6.07, 6.45) is -0.909. The molecule has 0 unspecified atom stereocenters. The fourth-order valence-electron chi connectivity index (χ4n) is 4.73. The molecule has 27 heavy (non-hydrogen) atoms. The summed E-state index contributed by atoms with van der Waals surface area (Å²) in [6.45, 7) is 2.31. The molecule has 0 radical (unpaired) electrons. The molecule has 3 N–H and O–H groups in total. The van der Waals surface area contributed by atoms with Crippen molar-refractivity contribution in [3.05, 3.63) is 22.6 Å². The van der Waals surface area contributed by atoms with Crippen molar-refractivity contribution >= 4 is 17.6 Å². The number of allylic oxidation sites excluding steroid dienone is 1. The van der Waals surface area contributed by atoms with Crippen molar-refractivity contribution in [3.63, 3.8) is 0 Å². The average Bonchev–Trinajstić information content (AvgIpc) is 3.25. The van der Waals surface area contributed by atoms with Crippen LogP contribution >= 0.6 is 0 Å². The Kier molecular flexibility index (Phi) is 3.93. The second-order valence-corrected chi connectivity index (χ2v) is 6.87. The van der Waals surface area contributed by atoms with Crippen LogP contribution in [0, 0.1) is 5.92 Å². The molecule has 2 saturated heterocycles. The van der Waals surface area contributed by atoms with Gasteiger partial charge in [-0.3, -0.25) is 4.79 Å². The number of nitrogens with two attached hydrogens (primary N) is 1. The first-order valence-corrected chi connectivity index (χ1v) is 8.59.